The quantitative estimate of drug-likeness (QED) is 0.328. The number of nitrogens with one attached hydrogen (secondary N) is 2. The number of halogens is 4. The van der Waals surface area contributed by atoms with Gasteiger partial charge < -0.3 is 25.2 Å². The Bertz CT molecular complexity index is 704. The number of benzene rings is 1. The van der Waals surface area contributed by atoms with Crippen LogP contribution in [0.1, 0.15) is 25.0 Å². The number of likely N-dealkylation sites (N-methyl/N-ethyl adjacent to an activating group) is 1. The van der Waals surface area contributed by atoms with E-state index < -0.39 is 17.3 Å². The number of rotatable bonds is 6. The third-order valence-electron chi connectivity index (χ3n) is 5.15. The molecule has 1 fully saturated rings. The van der Waals surface area contributed by atoms with Crippen molar-refractivity contribution >= 4 is 35.6 Å². The van der Waals surface area contributed by atoms with Crippen molar-refractivity contribution in [3.63, 3.8) is 0 Å². The summed E-state index contributed by atoms with van der Waals surface area (Å²) in [4.78, 5) is 8.51. The van der Waals surface area contributed by atoms with Gasteiger partial charge in [0, 0.05) is 59.1 Å². The lowest BCUT2D eigenvalue weighted by molar-refractivity contribution is -0.137. The van der Waals surface area contributed by atoms with Crippen LogP contribution in [0.4, 0.5) is 18.9 Å². The van der Waals surface area contributed by atoms with E-state index in [1.807, 2.05) is 20.9 Å². The zero-order valence-corrected chi connectivity index (χ0v) is 20.6. The minimum atomic E-state index is -4.38. The first-order valence-electron chi connectivity index (χ1n) is 9.69. The second-order valence-corrected chi connectivity index (χ2v) is 7.87. The highest BCUT2D eigenvalue weighted by Gasteiger charge is 2.31. The second-order valence-electron chi connectivity index (χ2n) is 7.87. The van der Waals surface area contributed by atoms with Gasteiger partial charge in [0.15, 0.2) is 5.96 Å². The van der Waals surface area contributed by atoms with Gasteiger partial charge in [-0.3, -0.25) is 4.99 Å². The van der Waals surface area contributed by atoms with E-state index in [0.29, 0.717) is 18.1 Å². The fourth-order valence-corrected chi connectivity index (χ4v) is 3.03. The lowest BCUT2D eigenvalue weighted by Crippen LogP contribution is -2.46. The Balaban J connectivity index is 0.00000450. The molecule has 30 heavy (non-hydrogen) atoms. The molecule has 10 heteroatoms. The Kier molecular flexibility index (Phi) is 10.2. The molecule has 1 aromatic rings. The molecule has 0 bridgehead atoms. The predicted octanol–water partition coefficient (Wildman–Crippen LogP) is 3.17. The number of alkyl halides is 3. The fraction of sp³-hybridized carbons (Fsp3) is 0.650. The molecule has 0 aliphatic carbocycles. The van der Waals surface area contributed by atoms with Crippen molar-refractivity contribution in [3.8, 4) is 0 Å². The first-order valence-corrected chi connectivity index (χ1v) is 9.69. The summed E-state index contributed by atoms with van der Waals surface area (Å²) >= 11 is 0. The Morgan fingerprint density at radius 2 is 1.77 bits per heavy atom. The third-order valence-corrected chi connectivity index (χ3v) is 5.15. The molecule has 0 spiro atoms. The van der Waals surface area contributed by atoms with Gasteiger partial charge in [-0.15, -0.1) is 24.0 Å². The number of methoxy groups -OCH3 is 1. The molecule has 1 heterocycles. The van der Waals surface area contributed by atoms with Gasteiger partial charge in [0.05, 0.1) is 11.2 Å². The van der Waals surface area contributed by atoms with Crippen LogP contribution in [-0.2, 0) is 17.5 Å². The highest BCUT2D eigenvalue weighted by Crippen LogP contribution is 2.33. The molecule has 1 aliphatic rings. The van der Waals surface area contributed by atoms with Crippen LogP contribution < -0.4 is 15.5 Å². The van der Waals surface area contributed by atoms with Crippen LogP contribution in [0.3, 0.4) is 0 Å². The zero-order valence-electron chi connectivity index (χ0n) is 18.3. The number of guanidine groups is 1. The van der Waals surface area contributed by atoms with Crippen molar-refractivity contribution in [1.29, 1.82) is 0 Å². The molecule has 0 radical (unpaired) electrons. The molecular formula is C20H33F3IN5O. The van der Waals surface area contributed by atoms with Crippen molar-refractivity contribution in [2.75, 3.05) is 58.8 Å². The minimum absolute atomic E-state index is 0. The largest absolute Gasteiger partial charge is 0.416 e. The number of aliphatic imine (C=N–C) groups is 1. The van der Waals surface area contributed by atoms with Crippen molar-refractivity contribution in [3.05, 3.63) is 29.3 Å². The second kappa shape index (κ2) is 11.4. The maximum absolute atomic E-state index is 13.3. The van der Waals surface area contributed by atoms with E-state index in [1.165, 1.54) is 6.07 Å². The summed E-state index contributed by atoms with van der Waals surface area (Å²) in [6, 6.07) is 3.97. The van der Waals surface area contributed by atoms with Crippen molar-refractivity contribution in [2.45, 2.75) is 32.2 Å². The molecule has 172 valence electrons. The normalized spacial score (nSPS) is 16.3. The molecule has 1 aromatic carbocycles. The van der Waals surface area contributed by atoms with Gasteiger partial charge in [-0.2, -0.15) is 13.2 Å². The van der Waals surface area contributed by atoms with Crippen LogP contribution in [0.2, 0.25) is 0 Å². The van der Waals surface area contributed by atoms with Crippen LogP contribution in [-0.4, -0.2) is 70.4 Å². The van der Waals surface area contributed by atoms with Gasteiger partial charge in [-0.1, -0.05) is 0 Å². The van der Waals surface area contributed by atoms with Crippen LogP contribution in [0.25, 0.3) is 0 Å². The van der Waals surface area contributed by atoms with Crippen LogP contribution >= 0.6 is 24.0 Å². The molecule has 0 atom stereocenters. The van der Waals surface area contributed by atoms with E-state index in [2.05, 4.69) is 25.4 Å². The predicted molar refractivity (Wildman–Crippen MR) is 126 cm³/mol. The molecule has 2 rings (SSSR count). The monoisotopic (exact) mass is 543 g/mol. The summed E-state index contributed by atoms with van der Waals surface area (Å²) in [5.41, 5.74) is 0.388. The lowest BCUT2D eigenvalue weighted by Gasteiger charge is -2.35. The van der Waals surface area contributed by atoms with Gasteiger partial charge >= 0.3 is 6.18 Å². The Hall–Kier alpha value is -1.27. The Morgan fingerprint density at radius 3 is 2.30 bits per heavy atom. The van der Waals surface area contributed by atoms with Crippen molar-refractivity contribution in [2.24, 2.45) is 4.99 Å². The number of hydrogen-bond acceptors (Lipinski definition) is 4. The van der Waals surface area contributed by atoms with E-state index in [9.17, 15) is 13.2 Å². The van der Waals surface area contributed by atoms with E-state index in [-0.39, 0.29) is 30.5 Å². The molecular weight excluding hydrogens is 510 g/mol. The highest BCUT2D eigenvalue weighted by atomic mass is 127. The van der Waals surface area contributed by atoms with E-state index >= 15 is 0 Å². The summed E-state index contributed by atoms with van der Waals surface area (Å²) in [6.45, 7) is 7.94. The SMILES string of the molecule is CN=C(NCc1cc(C(F)(F)F)ccc1N1CCN(C)CC1)NCC(C)(C)OC.I. The van der Waals surface area contributed by atoms with E-state index in [4.69, 9.17) is 4.74 Å². The average molecular weight is 543 g/mol. The van der Waals surface area contributed by atoms with Crippen LogP contribution in [0.15, 0.2) is 23.2 Å². The topological polar surface area (TPSA) is 52.1 Å². The molecule has 6 nitrogen and oxygen atoms in total. The smallest absolute Gasteiger partial charge is 0.377 e. The Morgan fingerprint density at radius 1 is 1.13 bits per heavy atom. The van der Waals surface area contributed by atoms with E-state index in [0.717, 1.165) is 37.9 Å². The minimum Gasteiger partial charge on any atom is -0.377 e. The molecule has 0 aromatic heterocycles. The standard InChI is InChI=1S/C20H32F3N5O.HI/c1-19(2,29-5)14-26-18(24-3)25-13-15-12-16(20(21,22)23)6-7-17(15)28-10-8-27(4)9-11-28;/h6-7,12H,8-11,13-14H2,1-5H3,(H2,24,25,26);1H. The van der Waals surface area contributed by atoms with Gasteiger partial charge in [-0.05, 0) is 44.7 Å². The summed E-state index contributed by atoms with van der Waals surface area (Å²) in [7, 11) is 5.30. The number of ether oxygens (including phenoxy) is 1. The van der Waals surface area contributed by atoms with Crippen LogP contribution in [0.5, 0.6) is 0 Å². The summed E-state index contributed by atoms with van der Waals surface area (Å²) in [6.07, 6.45) is -4.38. The molecule has 0 unspecified atom stereocenters. The van der Waals surface area contributed by atoms with Gasteiger partial charge in [0.2, 0.25) is 0 Å². The number of piperazine rings is 1. The van der Waals surface area contributed by atoms with Gasteiger partial charge in [0.25, 0.3) is 0 Å². The van der Waals surface area contributed by atoms with E-state index in [1.54, 1.807) is 20.2 Å². The average Bonchev–Trinajstić information content (AvgIpc) is 2.68. The molecule has 1 aliphatic heterocycles. The third kappa shape index (κ3) is 7.77. The number of hydrogen-bond donors (Lipinski definition) is 2. The molecule has 0 saturated carbocycles. The van der Waals surface area contributed by atoms with Crippen molar-refractivity contribution < 1.29 is 17.9 Å². The highest BCUT2D eigenvalue weighted by molar-refractivity contribution is 14.0. The maximum Gasteiger partial charge on any atom is 0.416 e. The Labute approximate surface area is 194 Å². The number of anilines is 1. The molecule has 1 saturated heterocycles. The summed E-state index contributed by atoms with van der Waals surface area (Å²) in [5, 5.41) is 6.28. The molecule has 0 amide bonds. The first-order chi connectivity index (χ1) is 13.6. The van der Waals surface area contributed by atoms with Crippen molar-refractivity contribution in [1.82, 2.24) is 15.5 Å². The number of nitrogens with zero attached hydrogens (tertiary/aromatic N) is 3. The summed E-state index contributed by atoms with van der Waals surface area (Å²) in [5.74, 6) is 0.511. The van der Waals surface area contributed by atoms with Crippen LogP contribution in [0, 0.1) is 0 Å². The zero-order chi connectivity index (χ0) is 21.7. The first kappa shape index (κ1) is 26.8. The fourth-order valence-electron chi connectivity index (χ4n) is 3.03. The molecule has 2 N–H and O–H groups in total. The summed E-state index contributed by atoms with van der Waals surface area (Å²) < 4.78 is 45.1. The van der Waals surface area contributed by atoms with Gasteiger partial charge in [-0.25, -0.2) is 0 Å². The lowest BCUT2D eigenvalue weighted by atomic mass is 10.1. The van der Waals surface area contributed by atoms with Gasteiger partial charge in [0.1, 0.15) is 0 Å². The maximum atomic E-state index is 13.3.